The van der Waals surface area contributed by atoms with Crippen molar-refractivity contribution in [1.29, 1.82) is 0 Å². The van der Waals surface area contributed by atoms with E-state index in [1.54, 1.807) is 14.2 Å². The molecule has 7 heteroatoms. The van der Waals surface area contributed by atoms with Crippen molar-refractivity contribution in [3.63, 3.8) is 0 Å². The lowest BCUT2D eigenvalue weighted by molar-refractivity contribution is 0.138. The van der Waals surface area contributed by atoms with Crippen LogP contribution in [0.1, 0.15) is 37.7 Å². The van der Waals surface area contributed by atoms with Gasteiger partial charge in [-0.25, -0.2) is 0 Å². The highest BCUT2D eigenvalue weighted by atomic mass is 127. The van der Waals surface area contributed by atoms with Crippen molar-refractivity contribution in [2.24, 2.45) is 10.4 Å². The summed E-state index contributed by atoms with van der Waals surface area (Å²) >= 11 is 0. The van der Waals surface area contributed by atoms with Gasteiger partial charge in [0.15, 0.2) is 5.96 Å². The first-order valence-electron chi connectivity index (χ1n) is 9.85. The molecular weight excluding hydrogens is 469 g/mol. The number of halogens is 1. The number of ether oxygens (including phenoxy) is 3. The molecule has 0 aromatic heterocycles. The minimum absolute atomic E-state index is 0. The van der Waals surface area contributed by atoms with E-state index in [0.717, 1.165) is 36.8 Å². The monoisotopic (exact) mass is 505 g/mol. The lowest BCUT2D eigenvalue weighted by atomic mass is 9.83. The molecule has 1 aliphatic carbocycles. The number of rotatable bonds is 11. The first-order valence-corrected chi connectivity index (χ1v) is 9.85. The Bertz CT molecular complexity index is 578. The van der Waals surface area contributed by atoms with Gasteiger partial charge in [0.25, 0.3) is 0 Å². The lowest BCUT2D eigenvalue weighted by Gasteiger charge is -2.30. The van der Waals surface area contributed by atoms with Crippen LogP contribution in [0.15, 0.2) is 29.3 Å². The third-order valence-corrected chi connectivity index (χ3v) is 5.27. The minimum Gasteiger partial charge on any atom is -0.491 e. The van der Waals surface area contributed by atoms with Gasteiger partial charge >= 0.3 is 0 Å². The van der Waals surface area contributed by atoms with E-state index in [0.29, 0.717) is 25.2 Å². The maximum Gasteiger partial charge on any atom is 0.191 e. The molecule has 0 bridgehead atoms. The molecule has 160 valence electrons. The maximum atomic E-state index is 5.68. The van der Waals surface area contributed by atoms with Gasteiger partial charge in [-0.2, -0.15) is 0 Å². The number of benzene rings is 1. The SMILES string of the molecule is CN=C(NCc1cccc(OCCOC)c1)NCC1(CCOC)CCCC1.I. The van der Waals surface area contributed by atoms with Gasteiger partial charge in [-0.05, 0) is 42.4 Å². The quantitative estimate of drug-likeness (QED) is 0.208. The highest BCUT2D eigenvalue weighted by molar-refractivity contribution is 14.0. The minimum atomic E-state index is 0. The molecule has 0 radical (unpaired) electrons. The average Bonchev–Trinajstić information content (AvgIpc) is 3.16. The van der Waals surface area contributed by atoms with Crippen LogP contribution in [0.3, 0.4) is 0 Å². The molecule has 0 saturated heterocycles. The number of hydrogen-bond acceptors (Lipinski definition) is 4. The van der Waals surface area contributed by atoms with Crippen molar-refractivity contribution in [2.45, 2.75) is 38.6 Å². The molecular formula is C21H36IN3O3. The lowest BCUT2D eigenvalue weighted by Crippen LogP contribution is -2.43. The summed E-state index contributed by atoms with van der Waals surface area (Å²) in [7, 11) is 5.27. The zero-order valence-electron chi connectivity index (χ0n) is 17.5. The van der Waals surface area contributed by atoms with Gasteiger partial charge in [-0.1, -0.05) is 25.0 Å². The highest BCUT2D eigenvalue weighted by Gasteiger charge is 2.33. The van der Waals surface area contributed by atoms with Crippen LogP contribution in [0.5, 0.6) is 5.75 Å². The van der Waals surface area contributed by atoms with E-state index in [1.165, 1.54) is 25.7 Å². The molecule has 0 atom stereocenters. The Kier molecular flexibility index (Phi) is 12.5. The van der Waals surface area contributed by atoms with Crippen LogP contribution in [0, 0.1) is 5.41 Å². The Hall–Kier alpha value is -1.06. The molecule has 0 spiro atoms. The standard InChI is InChI=1S/C21H35N3O3.HI/c1-22-20(24-17-21(11-12-25-2)9-4-5-10-21)23-16-18-7-6-8-19(15-18)27-14-13-26-3;/h6-8,15H,4-5,9-14,16-17H2,1-3H3,(H2,22,23,24);1H. The van der Waals surface area contributed by atoms with Gasteiger partial charge in [0.1, 0.15) is 12.4 Å². The number of nitrogens with zero attached hydrogens (tertiary/aromatic N) is 1. The molecule has 0 amide bonds. The Morgan fingerprint density at radius 2 is 1.82 bits per heavy atom. The van der Waals surface area contributed by atoms with Gasteiger partial charge in [-0.15, -0.1) is 24.0 Å². The fourth-order valence-electron chi connectivity index (χ4n) is 3.62. The predicted molar refractivity (Wildman–Crippen MR) is 125 cm³/mol. The van der Waals surface area contributed by atoms with E-state index < -0.39 is 0 Å². The van der Waals surface area contributed by atoms with Gasteiger partial charge in [-0.3, -0.25) is 4.99 Å². The Morgan fingerprint density at radius 1 is 1.07 bits per heavy atom. The number of aliphatic imine (C=N–C) groups is 1. The molecule has 0 aliphatic heterocycles. The van der Waals surface area contributed by atoms with Crippen LogP contribution >= 0.6 is 24.0 Å². The largest absolute Gasteiger partial charge is 0.491 e. The van der Waals surface area contributed by atoms with E-state index in [2.05, 4.69) is 21.7 Å². The van der Waals surface area contributed by atoms with E-state index in [9.17, 15) is 0 Å². The normalized spacial score (nSPS) is 15.8. The second kappa shape index (κ2) is 14.0. The summed E-state index contributed by atoms with van der Waals surface area (Å²) in [5, 5.41) is 6.93. The zero-order chi connectivity index (χ0) is 19.4. The summed E-state index contributed by atoms with van der Waals surface area (Å²) < 4.78 is 16.0. The van der Waals surface area contributed by atoms with Crippen LogP contribution in [0.2, 0.25) is 0 Å². The number of nitrogens with one attached hydrogen (secondary N) is 2. The third kappa shape index (κ3) is 8.53. The van der Waals surface area contributed by atoms with Crippen molar-refractivity contribution in [3.8, 4) is 5.75 Å². The summed E-state index contributed by atoms with van der Waals surface area (Å²) in [6, 6.07) is 8.10. The zero-order valence-corrected chi connectivity index (χ0v) is 19.8. The van der Waals surface area contributed by atoms with E-state index >= 15 is 0 Å². The van der Waals surface area contributed by atoms with Crippen molar-refractivity contribution in [1.82, 2.24) is 10.6 Å². The molecule has 2 rings (SSSR count). The average molecular weight is 505 g/mol. The van der Waals surface area contributed by atoms with E-state index in [4.69, 9.17) is 14.2 Å². The third-order valence-electron chi connectivity index (χ3n) is 5.27. The summed E-state index contributed by atoms with van der Waals surface area (Å²) in [6.07, 6.45) is 6.26. The molecule has 1 aromatic rings. The van der Waals surface area contributed by atoms with E-state index in [1.807, 2.05) is 25.2 Å². The summed E-state index contributed by atoms with van der Waals surface area (Å²) in [4.78, 5) is 4.37. The molecule has 6 nitrogen and oxygen atoms in total. The van der Waals surface area contributed by atoms with Gasteiger partial charge in [0, 0.05) is 41.0 Å². The molecule has 0 unspecified atom stereocenters. The van der Waals surface area contributed by atoms with Crippen molar-refractivity contribution in [3.05, 3.63) is 29.8 Å². The van der Waals surface area contributed by atoms with Crippen LogP contribution in [-0.4, -0.2) is 53.6 Å². The summed E-state index contributed by atoms with van der Waals surface area (Å²) in [5.74, 6) is 1.70. The number of guanidine groups is 1. The first kappa shape index (κ1) is 25.0. The molecule has 1 saturated carbocycles. The Labute approximate surface area is 186 Å². The Morgan fingerprint density at radius 3 is 2.50 bits per heavy atom. The van der Waals surface area contributed by atoms with Gasteiger partial charge in [0.05, 0.1) is 6.61 Å². The maximum absolute atomic E-state index is 5.68. The second-order valence-electron chi connectivity index (χ2n) is 7.22. The molecule has 0 heterocycles. The smallest absolute Gasteiger partial charge is 0.191 e. The van der Waals surface area contributed by atoms with Crippen molar-refractivity contribution in [2.75, 3.05) is 47.6 Å². The van der Waals surface area contributed by atoms with Crippen molar-refractivity contribution < 1.29 is 14.2 Å². The summed E-state index contributed by atoms with van der Waals surface area (Å²) in [5.41, 5.74) is 1.49. The molecule has 1 aliphatic rings. The molecule has 28 heavy (non-hydrogen) atoms. The van der Waals surface area contributed by atoms with Crippen LogP contribution < -0.4 is 15.4 Å². The van der Waals surface area contributed by atoms with Crippen LogP contribution in [0.25, 0.3) is 0 Å². The van der Waals surface area contributed by atoms with Crippen LogP contribution in [0.4, 0.5) is 0 Å². The fraction of sp³-hybridized carbons (Fsp3) is 0.667. The summed E-state index contributed by atoms with van der Waals surface area (Å²) in [6.45, 7) is 3.61. The Balaban J connectivity index is 0.00000392. The molecule has 1 aromatic carbocycles. The highest BCUT2D eigenvalue weighted by Crippen LogP contribution is 2.40. The first-order chi connectivity index (χ1) is 13.2. The van der Waals surface area contributed by atoms with E-state index in [-0.39, 0.29) is 24.0 Å². The van der Waals surface area contributed by atoms with Crippen molar-refractivity contribution >= 4 is 29.9 Å². The van der Waals surface area contributed by atoms with Crippen LogP contribution in [-0.2, 0) is 16.0 Å². The van der Waals surface area contributed by atoms with Gasteiger partial charge < -0.3 is 24.8 Å². The topological polar surface area (TPSA) is 64.1 Å². The number of hydrogen-bond donors (Lipinski definition) is 2. The molecule has 1 fully saturated rings. The van der Waals surface area contributed by atoms with Gasteiger partial charge in [0.2, 0.25) is 0 Å². The second-order valence-corrected chi connectivity index (χ2v) is 7.22. The number of methoxy groups -OCH3 is 2. The predicted octanol–water partition coefficient (Wildman–Crippen LogP) is 3.59. The fourth-order valence-corrected chi connectivity index (χ4v) is 3.62. The molecule has 2 N–H and O–H groups in total.